The van der Waals surface area contributed by atoms with E-state index in [9.17, 15) is 36.6 Å². The molecule has 0 spiro atoms. The van der Waals surface area contributed by atoms with E-state index < -0.39 is 82.1 Å². The second-order valence-electron chi connectivity index (χ2n) is 11.9. The van der Waals surface area contributed by atoms with Gasteiger partial charge >= 0.3 is 6.18 Å². The number of nitrogens with zero attached hydrogens (tertiary/aromatic N) is 3. The van der Waals surface area contributed by atoms with Gasteiger partial charge in [0.25, 0.3) is 17.7 Å². The number of pyridine rings is 1. The Labute approximate surface area is 241 Å². The van der Waals surface area contributed by atoms with E-state index in [1.807, 2.05) is 6.92 Å². The van der Waals surface area contributed by atoms with Crippen molar-refractivity contribution in [1.29, 1.82) is 0 Å². The van der Waals surface area contributed by atoms with Crippen LogP contribution in [0.5, 0.6) is 0 Å². The zero-order valence-corrected chi connectivity index (χ0v) is 24.6. The summed E-state index contributed by atoms with van der Waals surface area (Å²) in [4.78, 5) is 34.8. The molecular weight excluding hydrogens is 569 g/mol. The van der Waals surface area contributed by atoms with Crippen molar-refractivity contribution in [1.82, 2.24) is 15.2 Å². The summed E-state index contributed by atoms with van der Waals surface area (Å²) in [6, 6.07) is -2.81. The van der Waals surface area contributed by atoms with Crippen molar-refractivity contribution in [2.75, 3.05) is 11.9 Å². The highest BCUT2D eigenvalue weighted by Crippen LogP contribution is 2.38. The van der Waals surface area contributed by atoms with E-state index in [4.69, 9.17) is 12.2 Å². The first-order valence-electron chi connectivity index (χ1n) is 13.3. The summed E-state index contributed by atoms with van der Waals surface area (Å²) in [5.41, 5.74) is -3.85. The van der Waals surface area contributed by atoms with Crippen molar-refractivity contribution in [3.05, 3.63) is 23.4 Å². The first-order chi connectivity index (χ1) is 18.6. The van der Waals surface area contributed by atoms with Crippen molar-refractivity contribution >= 4 is 40.4 Å². The highest BCUT2D eigenvalue weighted by atomic mass is 32.1. The Morgan fingerprint density at radius 2 is 1.88 bits per heavy atom. The van der Waals surface area contributed by atoms with E-state index in [1.54, 1.807) is 0 Å². The van der Waals surface area contributed by atoms with Crippen LogP contribution in [0.3, 0.4) is 0 Å². The number of carbonyl (C=O) groups excluding carboxylic acids is 2. The minimum Gasteiger partial charge on any atom is -0.388 e. The van der Waals surface area contributed by atoms with Crippen molar-refractivity contribution < 1.29 is 36.6 Å². The van der Waals surface area contributed by atoms with Gasteiger partial charge in [0.1, 0.15) is 5.82 Å². The lowest BCUT2D eigenvalue weighted by atomic mass is 9.78. The molecule has 1 unspecified atom stereocenters. The molecule has 1 aliphatic carbocycles. The van der Waals surface area contributed by atoms with Crippen LogP contribution in [0.25, 0.3) is 0 Å². The highest BCUT2D eigenvalue weighted by molar-refractivity contribution is 7.81. The van der Waals surface area contributed by atoms with Crippen molar-refractivity contribution in [2.45, 2.75) is 109 Å². The smallest absolute Gasteiger partial charge is 0.388 e. The number of nitrogens with one attached hydrogen (secondary N) is 2. The van der Waals surface area contributed by atoms with Gasteiger partial charge < -0.3 is 20.6 Å². The summed E-state index contributed by atoms with van der Waals surface area (Å²) < 4.78 is 71.1. The van der Waals surface area contributed by atoms with E-state index in [0.717, 1.165) is 36.4 Å². The standard InChI is InChI=1S/C27H36F5N5O3S/c1-14-11-26(28,29)13-37(14)23(39)20(34-15(2)22(38)35-16(3)24(4,5)40)21(41)17-12-33-19(10-18(17)27(30,31)32)36-25(6)8-7-9-25/h10,12,14,16,20,40H,7-9,11,13H2,1-6H3,(H,33,36)(H,35,38)/b34-15+/t14-,16-,20?/m0/s1. The number of thiocarbonyl (C=S) groups is 1. The number of hydrogen-bond acceptors (Lipinski definition) is 7. The molecule has 3 atom stereocenters. The zero-order valence-electron chi connectivity index (χ0n) is 23.8. The summed E-state index contributed by atoms with van der Waals surface area (Å²) in [6.07, 6.45) is -2.21. The van der Waals surface area contributed by atoms with Gasteiger partial charge in [-0.15, -0.1) is 0 Å². The van der Waals surface area contributed by atoms with Crippen LogP contribution in [-0.2, 0) is 15.8 Å². The molecule has 1 aromatic rings. The third-order valence-corrected chi connectivity index (χ3v) is 8.16. The third kappa shape index (κ3) is 7.76. The molecule has 14 heteroatoms. The Bertz CT molecular complexity index is 1230. The van der Waals surface area contributed by atoms with E-state index in [-0.39, 0.29) is 11.5 Å². The molecule has 41 heavy (non-hydrogen) atoms. The average Bonchev–Trinajstić information content (AvgIpc) is 3.11. The Kier molecular flexibility index (Phi) is 9.19. The molecule has 0 radical (unpaired) electrons. The van der Waals surface area contributed by atoms with E-state index >= 15 is 0 Å². The van der Waals surface area contributed by atoms with Crippen LogP contribution in [0.15, 0.2) is 17.3 Å². The number of hydrogen-bond donors (Lipinski definition) is 3. The van der Waals surface area contributed by atoms with Crippen LogP contribution in [0.2, 0.25) is 0 Å². The molecule has 2 amide bonds. The van der Waals surface area contributed by atoms with Gasteiger partial charge in [0.2, 0.25) is 0 Å². The Morgan fingerprint density at radius 1 is 1.27 bits per heavy atom. The maximum atomic E-state index is 14.3. The normalized spacial score (nSPS) is 22.0. The average molecular weight is 606 g/mol. The van der Waals surface area contributed by atoms with E-state index in [0.29, 0.717) is 0 Å². The fourth-order valence-corrected chi connectivity index (χ4v) is 4.98. The van der Waals surface area contributed by atoms with Crippen LogP contribution in [0.1, 0.15) is 78.4 Å². The lowest BCUT2D eigenvalue weighted by Crippen LogP contribution is -2.49. The highest BCUT2D eigenvalue weighted by Gasteiger charge is 2.48. The van der Waals surface area contributed by atoms with Gasteiger partial charge in [-0.2, -0.15) is 13.2 Å². The van der Waals surface area contributed by atoms with Gasteiger partial charge in [0, 0.05) is 29.8 Å². The van der Waals surface area contributed by atoms with Crippen LogP contribution < -0.4 is 10.6 Å². The van der Waals surface area contributed by atoms with Crippen LogP contribution >= 0.6 is 12.2 Å². The van der Waals surface area contributed by atoms with Crippen LogP contribution in [0, 0.1) is 0 Å². The topological polar surface area (TPSA) is 107 Å². The molecule has 1 saturated heterocycles. The summed E-state index contributed by atoms with van der Waals surface area (Å²) in [7, 11) is 0. The SMILES string of the molecule is C/C(=N\C(C(=O)N1CC(F)(F)C[C@@H]1C)C(=S)c1cnc(NC2(C)CCC2)cc1C(F)(F)F)C(=O)N[C@@H](C)C(C)(C)O. The fourth-order valence-electron chi connectivity index (χ4n) is 4.66. The van der Waals surface area contributed by atoms with Gasteiger partial charge in [-0.05, 0) is 66.9 Å². The predicted molar refractivity (Wildman–Crippen MR) is 148 cm³/mol. The van der Waals surface area contributed by atoms with Gasteiger partial charge in [0.15, 0.2) is 6.04 Å². The molecule has 2 heterocycles. The van der Waals surface area contributed by atoms with Gasteiger partial charge in [-0.25, -0.2) is 13.8 Å². The number of aliphatic hydroxyl groups is 1. The predicted octanol–water partition coefficient (Wildman–Crippen LogP) is 4.53. The van der Waals surface area contributed by atoms with Crippen molar-refractivity contribution in [2.24, 2.45) is 4.99 Å². The molecule has 1 saturated carbocycles. The number of alkyl halides is 5. The molecule has 3 rings (SSSR count). The molecule has 3 N–H and O–H groups in total. The lowest BCUT2D eigenvalue weighted by Gasteiger charge is -2.39. The number of aromatic nitrogens is 1. The number of aliphatic imine (C=N–C) groups is 1. The molecule has 228 valence electrons. The lowest BCUT2D eigenvalue weighted by molar-refractivity contribution is -0.138. The van der Waals surface area contributed by atoms with Crippen molar-refractivity contribution in [3.8, 4) is 0 Å². The summed E-state index contributed by atoms with van der Waals surface area (Å²) in [6.45, 7) is 7.94. The number of amides is 2. The maximum absolute atomic E-state index is 14.3. The Hall–Kier alpha value is -2.74. The second kappa shape index (κ2) is 11.5. The number of likely N-dealkylation sites (tertiary alicyclic amines) is 1. The molecule has 1 aromatic heterocycles. The molecule has 8 nitrogen and oxygen atoms in total. The van der Waals surface area contributed by atoms with E-state index in [1.165, 1.54) is 34.6 Å². The molecule has 0 bridgehead atoms. The van der Waals surface area contributed by atoms with Gasteiger partial charge in [-0.1, -0.05) is 12.2 Å². The summed E-state index contributed by atoms with van der Waals surface area (Å²) in [5.74, 6) is -5.10. The first kappa shape index (κ1) is 32.8. The van der Waals surface area contributed by atoms with Crippen LogP contribution in [-0.4, -0.2) is 79.1 Å². The molecular formula is C27H36F5N5O3S. The number of halogens is 5. The quantitative estimate of drug-likeness (QED) is 0.165. The molecule has 2 aliphatic rings. The summed E-state index contributed by atoms with van der Waals surface area (Å²) >= 11 is 5.37. The first-order valence-corrected chi connectivity index (χ1v) is 13.7. The maximum Gasteiger partial charge on any atom is 0.417 e. The number of rotatable bonds is 9. The van der Waals surface area contributed by atoms with Crippen molar-refractivity contribution in [3.63, 3.8) is 0 Å². The van der Waals surface area contributed by atoms with Crippen LogP contribution in [0.4, 0.5) is 27.8 Å². The summed E-state index contributed by atoms with van der Waals surface area (Å²) in [5, 5.41) is 15.6. The number of anilines is 1. The largest absolute Gasteiger partial charge is 0.417 e. The van der Waals surface area contributed by atoms with E-state index in [2.05, 4.69) is 20.6 Å². The van der Waals surface area contributed by atoms with Gasteiger partial charge in [0.05, 0.1) is 34.3 Å². The third-order valence-electron chi connectivity index (χ3n) is 7.71. The molecule has 2 fully saturated rings. The number of carbonyl (C=O) groups is 2. The monoisotopic (exact) mass is 605 g/mol. The Morgan fingerprint density at radius 3 is 2.34 bits per heavy atom. The molecule has 0 aromatic carbocycles. The second-order valence-corrected chi connectivity index (χ2v) is 12.3. The minimum absolute atomic E-state index is 0.0265. The van der Waals surface area contributed by atoms with Gasteiger partial charge in [-0.3, -0.25) is 14.6 Å². The minimum atomic E-state index is -4.90. The Balaban J connectivity index is 2.04. The molecule has 1 aliphatic heterocycles. The zero-order chi connectivity index (χ0) is 31.1. The fraction of sp³-hybridized carbons (Fsp3) is 0.667.